The molecule has 0 unspecified atom stereocenters. The number of rotatable bonds is 3. The molecule has 0 N–H and O–H groups in total. The van der Waals surface area contributed by atoms with Crippen LogP contribution in [0, 0.1) is 6.92 Å². The number of nitrogens with zero attached hydrogens (tertiary/aromatic N) is 3. The number of pyridine rings is 1. The molecule has 102 valence electrons. The molecule has 0 aliphatic rings. The monoisotopic (exact) mass is 267 g/mol. The number of aryl methyl sites for hydroxylation is 1. The first kappa shape index (κ1) is 12.7. The van der Waals surface area contributed by atoms with Gasteiger partial charge < -0.3 is 0 Å². The van der Waals surface area contributed by atoms with E-state index >= 15 is 0 Å². The van der Waals surface area contributed by atoms with E-state index in [-0.39, 0.29) is 5.56 Å². The first-order valence-electron chi connectivity index (χ1n) is 6.80. The van der Waals surface area contributed by atoms with Gasteiger partial charge in [-0.05, 0) is 31.5 Å². The van der Waals surface area contributed by atoms with Crippen LogP contribution in [0.5, 0.6) is 0 Å². The van der Waals surface area contributed by atoms with E-state index in [0.717, 1.165) is 5.65 Å². The van der Waals surface area contributed by atoms with E-state index < -0.39 is 0 Å². The minimum Gasteiger partial charge on any atom is -0.267 e. The predicted octanol–water partition coefficient (Wildman–Crippen LogP) is 2.57. The highest BCUT2D eigenvalue weighted by molar-refractivity contribution is 5.74. The van der Waals surface area contributed by atoms with Crippen LogP contribution in [0.15, 0.2) is 47.4 Å². The Balaban J connectivity index is 2.18. The zero-order chi connectivity index (χ0) is 14.1. The molecule has 0 spiro atoms. The van der Waals surface area contributed by atoms with Gasteiger partial charge in [0, 0.05) is 12.7 Å². The highest BCUT2D eigenvalue weighted by Crippen LogP contribution is 2.12. The maximum absolute atomic E-state index is 12.3. The second-order valence-corrected chi connectivity index (χ2v) is 4.94. The molecule has 0 fully saturated rings. The Morgan fingerprint density at radius 3 is 2.75 bits per heavy atom. The molecule has 0 saturated carbocycles. The molecular weight excluding hydrogens is 250 g/mol. The Morgan fingerprint density at radius 1 is 1.15 bits per heavy atom. The number of hydrogen-bond acceptors (Lipinski definition) is 2. The van der Waals surface area contributed by atoms with Crippen LogP contribution in [-0.4, -0.2) is 14.3 Å². The van der Waals surface area contributed by atoms with Crippen LogP contribution < -0.4 is 5.56 Å². The molecule has 0 amide bonds. The van der Waals surface area contributed by atoms with Crippen molar-refractivity contribution in [2.24, 2.45) is 0 Å². The van der Waals surface area contributed by atoms with Crippen LogP contribution in [0.4, 0.5) is 0 Å². The van der Waals surface area contributed by atoms with Crippen LogP contribution in [0.2, 0.25) is 0 Å². The van der Waals surface area contributed by atoms with Crippen LogP contribution >= 0.6 is 0 Å². The molecule has 20 heavy (non-hydrogen) atoms. The van der Waals surface area contributed by atoms with Gasteiger partial charge in [-0.1, -0.05) is 29.8 Å². The highest BCUT2D eigenvalue weighted by atomic mass is 16.1. The third-order valence-corrected chi connectivity index (χ3v) is 3.50. The van der Waals surface area contributed by atoms with Crippen molar-refractivity contribution in [3.63, 3.8) is 0 Å². The SMILES string of the molecule is CCn1c(=O)c2cccnc2n1Cc1cccc(C)c1. The van der Waals surface area contributed by atoms with E-state index in [1.54, 1.807) is 16.9 Å². The molecule has 0 aliphatic carbocycles. The maximum atomic E-state index is 12.3. The summed E-state index contributed by atoms with van der Waals surface area (Å²) in [5, 5.41) is 0.682. The maximum Gasteiger partial charge on any atom is 0.276 e. The lowest BCUT2D eigenvalue weighted by Gasteiger charge is -2.11. The van der Waals surface area contributed by atoms with Crippen molar-refractivity contribution < 1.29 is 0 Å². The number of benzene rings is 1. The van der Waals surface area contributed by atoms with Crippen LogP contribution in [-0.2, 0) is 13.1 Å². The quantitative estimate of drug-likeness (QED) is 0.731. The molecule has 4 heteroatoms. The van der Waals surface area contributed by atoms with Gasteiger partial charge in [0.25, 0.3) is 5.56 Å². The molecule has 2 aromatic heterocycles. The molecule has 3 rings (SSSR count). The molecule has 0 bridgehead atoms. The third kappa shape index (κ3) is 2.03. The summed E-state index contributed by atoms with van der Waals surface area (Å²) in [5.74, 6) is 0. The summed E-state index contributed by atoms with van der Waals surface area (Å²) >= 11 is 0. The standard InChI is InChI=1S/C16H17N3O/c1-3-18-16(20)14-8-5-9-17-15(14)19(18)11-13-7-4-6-12(2)10-13/h4-10H,3,11H2,1-2H3. The fraction of sp³-hybridized carbons (Fsp3) is 0.250. The summed E-state index contributed by atoms with van der Waals surface area (Å²) in [5.41, 5.74) is 3.18. The Labute approximate surface area is 117 Å². The average molecular weight is 267 g/mol. The highest BCUT2D eigenvalue weighted by Gasteiger charge is 2.12. The summed E-state index contributed by atoms with van der Waals surface area (Å²) in [7, 11) is 0. The first-order chi connectivity index (χ1) is 9.70. The van der Waals surface area contributed by atoms with Crippen molar-refractivity contribution in [2.75, 3.05) is 0 Å². The van der Waals surface area contributed by atoms with Crippen molar-refractivity contribution >= 4 is 11.0 Å². The molecule has 3 aromatic rings. The van der Waals surface area contributed by atoms with Gasteiger partial charge in [0.05, 0.1) is 11.9 Å². The average Bonchev–Trinajstić information content (AvgIpc) is 2.72. The van der Waals surface area contributed by atoms with E-state index in [9.17, 15) is 4.79 Å². The first-order valence-corrected chi connectivity index (χ1v) is 6.80. The van der Waals surface area contributed by atoms with Gasteiger partial charge in [0.2, 0.25) is 0 Å². The Morgan fingerprint density at radius 2 is 2.00 bits per heavy atom. The Bertz CT molecular complexity index is 814. The zero-order valence-electron chi connectivity index (χ0n) is 11.7. The summed E-state index contributed by atoms with van der Waals surface area (Å²) < 4.78 is 3.71. The summed E-state index contributed by atoms with van der Waals surface area (Å²) in [6.07, 6.45) is 1.73. The van der Waals surface area contributed by atoms with Crippen LogP contribution in [0.25, 0.3) is 11.0 Å². The van der Waals surface area contributed by atoms with Gasteiger partial charge in [-0.25, -0.2) is 9.67 Å². The molecule has 0 atom stereocenters. The van der Waals surface area contributed by atoms with Crippen molar-refractivity contribution in [2.45, 2.75) is 26.9 Å². The third-order valence-electron chi connectivity index (χ3n) is 3.50. The van der Waals surface area contributed by atoms with E-state index in [2.05, 4.69) is 30.1 Å². The van der Waals surface area contributed by atoms with Gasteiger partial charge in [0.15, 0.2) is 5.65 Å². The van der Waals surface area contributed by atoms with Gasteiger partial charge in [-0.15, -0.1) is 0 Å². The molecule has 0 aliphatic heterocycles. The second-order valence-electron chi connectivity index (χ2n) is 4.94. The molecule has 0 saturated heterocycles. The molecule has 1 aromatic carbocycles. The normalized spacial score (nSPS) is 11.1. The lowest BCUT2D eigenvalue weighted by atomic mass is 10.1. The minimum absolute atomic E-state index is 0.0308. The smallest absolute Gasteiger partial charge is 0.267 e. The van der Waals surface area contributed by atoms with Gasteiger partial charge in [-0.3, -0.25) is 9.48 Å². The van der Waals surface area contributed by atoms with Crippen molar-refractivity contribution in [3.8, 4) is 0 Å². The Hall–Kier alpha value is -2.36. The summed E-state index contributed by atoms with van der Waals surface area (Å²) in [4.78, 5) is 16.7. The van der Waals surface area contributed by atoms with E-state index in [1.807, 2.05) is 23.7 Å². The lowest BCUT2D eigenvalue weighted by Crippen LogP contribution is -2.22. The zero-order valence-corrected chi connectivity index (χ0v) is 11.7. The van der Waals surface area contributed by atoms with Gasteiger partial charge in [0.1, 0.15) is 0 Å². The number of hydrogen-bond donors (Lipinski definition) is 0. The molecule has 0 radical (unpaired) electrons. The van der Waals surface area contributed by atoms with Crippen molar-refractivity contribution in [1.82, 2.24) is 14.3 Å². The topological polar surface area (TPSA) is 39.8 Å². The van der Waals surface area contributed by atoms with Crippen LogP contribution in [0.3, 0.4) is 0 Å². The lowest BCUT2D eigenvalue weighted by molar-refractivity contribution is 0.499. The molecular formula is C16H17N3O. The van der Waals surface area contributed by atoms with E-state index in [1.165, 1.54) is 11.1 Å². The fourth-order valence-corrected chi connectivity index (χ4v) is 2.59. The minimum atomic E-state index is 0.0308. The van der Waals surface area contributed by atoms with E-state index in [0.29, 0.717) is 18.5 Å². The largest absolute Gasteiger partial charge is 0.276 e. The second kappa shape index (κ2) is 4.96. The van der Waals surface area contributed by atoms with E-state index in [4.69, 9.17) is 0 Å². The van der Waals surface area contributed by atoms with Crippen LogP contribution in [0.1, 0.15) is 18.1 Å². The van der Waals surface area contributed by atoms with Crippen molar-refractivity contribution in [1.29, 1.82) is 0 Å². The Kier molecular flexibility index (Phi) is 3.14. The summed E-state index contributed by atoms with van der Waals surface area (Å²) in [6, 6.07) is 12.0. The van der Waals surface area contributed by atoms with Gasteiger partial charge in [-0.2, -0.15) is 0 Å². The predicted molar refractivity (Wildman–Crippen MR) is 79.9 cm³/mol. The van der Waals surface area contributed by atoms with Gasteiger partial charge >= 0.3 is 0 Å². The summed E-state index contributed by atoms with van der Waals surface area (Å²) in [6.45, 7) is 5.35. The molecule has 4 nitrogen and oxygen atoms in total. The molecule has 2 heterocycles. The number of aromatic nitrogens is 3. The fourth-order valence-electron chi connectivity index (χ4n) is 2.59. The number of fused-ring (bicyclic) bond motifs is 1. The van der Waals surface area contributed by atoms with Crippen molar-refractivity contribution in [3.05, 3.63) is 64.1 Å².